The van der Waals surface area contributed by atoms with Gasteiger partial charge in [-0.3, -0.25) is 14.6 Å². The number of hydrogen-bond acceptors (Lipinski definition) is 3. The molecule has 1 heterocycles. The van der Waals surface area contributed by atoms with E-state index in [9.17, 15) is 14.0 Å². The summed E-state index contributed by atoms with van der Waals surface area (Å²) >= 11 is 0. The number of aromatic nitrogens is 1. The van der Waals surface area contributed by atoms with Gasteiger partial charge in [-0.25, -0.2) is 4.39 Å². The molecule has 0 aliphatic carbocycles. The highest BCUT2D eigenvalue weighted by Crippen LogP contribution is 2.11. The van der Waals surface area contributed by atoms with Crippen molar-refractivity contribution >= 4 is 11.8 Å². The van der Waals surface area contributed by atoms with E-state index in [0.717, 1.165) is 16.8 Å². The number of nitrogens with one attached hydrogen (secondary N) is 2. The van der Waals surface area contributed by atoms with Gasteiger partial charge >= 0.3 is 0 Å². The minimum Gasteiger partial charge on any atom is -0.354 e. The highest BCUT2D eigenvalue weighted by Gasteiger charge is 2.22. The van der Waals surface area contributed by atoms with Gasteiger partial charge in [0.2, 0.25) is 5.91 Å². The molecule has 2 aromatic carbocycles. The minimum atomic E-state index is -0.834. The van der Waals surface area contributed by atoms with Crippen LogP contribution in [0.3, 0.4) is 0 Å². The fraction of sp³-hybridized carbons (Fsp3) is 0.240. The Morgan fingerprint density at radius 3 is 2.55 bits per heavy atom. The molecule has 0 radical (unpaired) electrons. The first kappa shape index (κ1) is 22.2. The molecule has 0 spiro atoms. The second-order valence-corrected chi connectivity index (χ2v) is 7.52. The summed E-state index contributed by atoms with van der Waals surface area (Å²) in [5.74, 6) is -1.05. The first-order valence-corrected chi connectivity index (χ1v) is 10.2. The third kappa shape index (κ3) is 6.47. The van der Waals surface area contributed by atoms with Crippen molar-refractivity contribution in [1.29, 1.82) is 0 Å². The van der Waals surface area contributed by atoms with Crippen LogP contribution < -0.4 is 10.6 Å². The molecule has 0 saturated carbocycles. The highest BCUT2D eigenvalue weighted by molar-refractivity contribution is 5.97. The van der Waals surface area contributed by atoms with Gasteiger partial charge in [-0.05, 0) is 66.9 Å². The summed E-state index contributed by atoms with van der Waals surface area (Å²) in [7, 11) is 0. The predicted octanol–water partition coefficient (Wildman–Crippen LogP) is 3.54. The number of nitrogens with zero attached hydrogens (tertiary/aromatic N) is 1. The molecule has 0 aliphatic rings. The van der Waals surface area contributed by atoms with Gasteiger partial charge < -0.3 is 10.6 Å². The number of halogens is 1. The average molecular weight is 420 g/mol. The van der Waals surface area contributed by atoms with Gasteiger partial charge in [-0.2, -0.15) is 0 Å². The lowest BCUT2D eigenvalue weighted by atomic mass is 10.0. The lowest BCUT2D eigenvalue weighted by Crippen LogP contribution is -2.48. The third-order valence-electron chi connectivity index (χ3n) is 5.13. The van der Waals surface area contributed by atoms with Crippen molar-refractivity contribution in [3.8, 4) is 0 Å². The molecule has 0 unspecified atom stereocenters. The van der Waals surface area contributed by atoms with E-state index in [4.69, 9.17) is 0 Å². The van der Waals surface area contributed by atoms with Crippen molar-refractivity contribution in [3.05, 3.63) is 101 Å². The molecule has 31 heavy (non-hydrogen) atoms. The zero-order chi connectivity index (χ0) is 22.2. The SMILES string of the molecule is Cc1ccc(C(=O)N[C@H](Cc2cccc(F)c2)C(=O)NCCc2ccccn2)cc1C. The van der Waals surface area contributed by atoms with Gasteiger partial charge in [0.25, 0.3) is 5.91 Å². The molecular formula is C25H26FN3O2. The molecule has 3 rings (SSSR count). The molecule has 2 amide bonds. The summed E-state index contributed by atoms with van der Waals surface area (Å²) in [4.78, 5) is 29.9. The molecule has 0 bridgehead atoms. The maximum Gasteiger partial charge on any atom is 0.251 e. The number of pyridine rings is 1. The van der Waals surface area contributed by atoms with Crippen molar-refractivity contribution < 1.29 is 14.0 Å². The van der Waals surface area contributed by atoms with Gasteiger partial charge in [0.1, 0.15) is 11.9 Å². The number of carbonyl (C=O) groups excluding carboxylic acids is 2. The smallest absolute Gasteiger partial charge is 0.251 e. The minimum absolute atomic E-state index is 0.184. The maximum absolute atomic E-state index is 13.6. The zero-order valence-electron chi connectivity index (χ0n) is 17.7. The molecule has 0 saturated heterocycles. The van der Waals surface area contributed by atoms with Crippen LogP contribution in [0, 0.1) is 19.7 Å². The van der Waals surface area contributed by atoms with Crippen molar-refractivity contribution in [3.63, 3.8) is 0 Å². The number of hydrogen-bond donors (Lipinski definition) is 2. The summed E-state index contributed by atoms with van der Waals surface area (Å²) in [5, 5.41) is 5.66. The van der Waals surface area contributed by atoms with Gasteiger partial charge in [-0.1, -0.05) is 24.3 Å². The molecule has 0 aliphatic heterocycles. The zero-order valence-corrected chi connectivity index (χ0v) is 17.7. The van der Waals surface area contributed by atoms with Crippen molar-refractivity contribution in [2.45, 2.75) is 32.7 Å². The van der Waals surface area contributed by atoms with E-state index in [1.165, 1.54) is 12.1 Å². The second kappa shape index (κ2) is 10.5. The molecule has 160 valence electrons. The Morgan fingerprint density at radius 2 is 1.84 bits per heavy atom. The van der Waals surface area contributed by atoms with Crippen LogP contribution >= 0.6 is 0 Å². The molecule has 5 nitrogen and oxygen atoms in total. The van der Waals surface area contributed by atoms with Crippen LogP contribution in [0.4, 0.5) is 4.39 Å². The van der Waals surface area contributed by atoms with Gasteiger partial charge in [-0.15, -0.1) is 0 Å². The Bertz CT molecular complexity index is 1050. The van der Waals surface area contributed by atoms with Gasteiger partial charge in [0.05, 0.1) is 0 Å². The Kier molecular flexibility index (Phi) is 7.49. The van der Waals surface area contributed by atoms with E-state index in [1.807, 2.05) is 38.1 Å². The normalized spacial score (nSPS) is 11.6. The Hall–Kier alpha value is -3.54. The monoisotopic (exact) mass is 419 g/mol. The predicted molar refractivity (Wildman–Crippen MR) is 118 cm³/mol. The van der Waals surface area contributed by atoms with E-state index in [2.05, 4.69) is 15.6 Å². The topological polar surface area (TPSA) is 71.1 Å². The summed E-state index contributed by atoms with van der Waals surface area (Å²) in [5.41, 5.74) is 4.05. The fourth-order valence-corrected chi connectivity index (χ4v) is 3.22. The lowest BCUT2D eigenvalue weighted by molar-refractivity contribution is -0.122. The van der Waals surface area contributed by atoms with E-state index >= 15 is 0 Å². The molecule has 1 aromatic heterocycles. The number of rotatable bonds is 8. The Morgan fingerprint density at radius 1 is 1.00 bits per heavy atom. The summed E-state index contributed by atoms with van der Waals surface area (Å²) in [6.45, 7) is 4.29. The van der Waals surface area contributed by atoms with Crippen LogP contribution in [0.2, 0.25) is 0 Å². The molecule has 1 atom stereocenters. The Labute approximate surface area is 181 Å². The van der Waals surface area contributed by atoms with Crippen LogP contribution in [0.1, 0.15) is 32.7 Å². The van der Waals surface area contributed by atoms with Crippen LogP contribution in [-0.2, 0) is 17.6 Å². The maximum atomic E-state index is 13.6. The number of carbonyl (C=O) groups is 2. The number of benzene rings is 2. The molecular weight excluding hydrogens is 393 g/mol. The first-order chi connectivity index (χ1) is 14.9. The fourth-order valence-electron chi connectivity index (χ4n) is 3.22. The lowest BCUT2D eigenvalue weighted by Gasteiger charge is -2.19. The molecule has 6 heteroatoms. The van der Waals surface area contributed by atoms with Crippen LogP contribution in [-0.4, -0.2) is 29.4 Å². The van der Waals surface area contributed by atoms with Crippen LogP contribution in [0.5, 0.6) is 0 Å². The standard InChI is InChI=1S/C25H26FN3O2/c1-17-9-10-20(14-18(17)2)24(30)29-23(16-19-6-5-7-21(26)15-19)25(31)28-13-11-22-8-3-4-12-27-22/h3-10,12,14-15,23H,11,13,16H2,1-2H3,(H,28,31)(H,29,30)/t23-/m1/s1. The van der Waals surface area contributed by atoms with E-state index in [1.54, 1.807) is 30.5 Å². The third-order valence-corrected chi connectivity index (χ3v) is 5.13. The van der Waals surface area contributed by atoms with Crippen molar-refractivity contribution in [2.75, 3.05) is 6.54 Å². The summed E-state index contributed by atoms with van der Waals surface area (Å²) in [6.07, 6.45) is 2.46. The number of aryl methyl sites for hydroxylation is 2. The van der Waals surface area contributed by atoms with E-state index in [0.29, 0.717) is 24.1 Å². The largest absolute Gasteiger partial charge is 0.354 e. The summed E-state index contributed by atoms with van der Waals surface area (Å²) < 4.78 is 13.6. The summed E-state index contributed by atoms with van der Waals surface area (Å²) in [6, 6.07) is 16.2. The van der Waals surface area contributed by atoms with Crippen LogP contribution in [0.15, 0.2) is 66.9 Å². The van der Waals surface area contributed by atoms with Gasteiger partial charge in [0, 0.05) is 36.8 Å². The van der Waals surface area contributed by atoms with Crippen molar-refractivity contribution in [2.24, 2.45) is 0 Å². The van der Waals surface area contributed by atoms with E-state index < -0.39 is 6.04 Å². The molecule has 0 fully saturated rings. The van der Waals surface area contributed by atoms with Gasteiger partial charge in [0.15, 0.2) is 0 Å². The quantitative estimate of drug-likeness (QED) is 0.587. The van der Waals surface area contributed by atoms with Crippen LogP contribution in [0.25, 0.3) is 0 Å². The molecule has 3 aromatic rings. The average Bonchev–Trinajstić information content (AvgIpc) is 2.76. The van der Waals surface area contributed by atoms with Crippen molar-refractivity contribution in [1.82, 2.24) is 15.6 Å². The van der Waals surface area contributed by atoms with E-state index in [-0.39, 0.29) is 24.1 Å². The Balaban J connectivity index is 1.70. The first-order valence-electron chi connectivity index (χ1n) is 10.2. The molecule has 2 N–H and O–H groups in total. The second-order valence-electron chi connectivity index (χ2n) is 7.52. The highest BCUT2D eigenvalue weighted by atomic mass is 19.1. The number of amides is 2.